The first-order chi connectivity index (χ1) is 14.9. The number of hydrogen-bond acceptors (Lipinski definition) is 5. The van der Waals surface area contributed by atoms with Gasteiger partial charge in [0.1, 0.15) is 6.54 Å². The van der Waals surface area contributed by atoms with Gasteiger partial charge in [-0.05, 0) is 35.4 Å². The molecule has 0 atom stereocenters. The van der Waals surface area contributed by atoms with E-state index in [1.807, 2.05) is 42.5 Å². The Labute approximate surface area is 176 Å². The Hall–Kier alpha value is -4.33. The normalized spacial score (nSPS) is 10.7. The molecule has 8 heteroatoms. The SMILES string of the molecule is Cc1ccc([N+](=O)[O-])cc1NC(=O)Cn1nc(-c2ccc3ccccc3c2)ccc1=O. The first-order valence-electron chi connectivity index (χ1n) is 9.53. The summed E-state index contributed by atoms with van der Waals surface area (Å²) in [6, 6.07) is 20.9. The van der Waals surface area contributed by atoms with E-state index < -0.39 is 16.4 Å². The standard InChI is InChI=1S/C23H18N4O4/c1-15-6-9-19(27(30)31)13-21(15)24-22(28)14-26-23(29)11-10-20(25-26)18-8-7-16-4-2-3-5-17(16)12-18/h2-13H,14H2,1H3,(H,24,28). The molecular weight excluding hydrogens is 396 g/mol. The Bertz CT molecular complexity index is 1380. The lowest BCUT2D eigenvalue weighted by Gasteiger charge is -2.10. The van der Waals surface area contributed by atoms with Gasteiger partial charge in [-0.2, -0.15) is 5.10 Å². The number of aromatic nitrogens is 2. The van der Waals surface area contributed by atoms with Crippen LogP contribution in [0.5, 0.6) is 0 Å². The van der Waals surface area contributed by atoms with Crippen LogP contribution in [0.15, 0.2) is 77.6 Å². The average molecular weight is 414 g/mol. The van der Waals surface area contributed by atoms with Gasteiger partial charge in [0.25, 0.3) is 11.2 Å². The number of aryl methyl sites for hydroxylation is 1. The lowest BCUT2D eigenvalue weighted by molar-refractivity contribution is -0.384. The predicted molar refractivity (Wildman–Crippen MR) is 118 cm³/mol. The third-order valence-electron chi connectivity index (χ3n) is 4.91. The quantitative estimate of drug-likeness (QED) is 0.393. The minimum Gasteiger partial charge on any atom is -0.324 e. The van der Waals surface area contributed by atoms with Gasteiger partial charge in [0.2, 0.25) is 5.91 Å². The second-order valence-corrected chi connectivity index (χ2v) is 7.08. The highest BCUT2D eigenvalue weighted by Crippen LogP contribution is 2.23. The van der Waals surface area contributed by atoms with Crippen LogP contribution in [0.25, 0.3) is 22.0 Å². The van der Waals surface area contributed by atoms with Gasteiger partial charge in [-0.3, -0.25) is 19.7 Å². The number of nitro groups is 1. The molecule has 1 heterocycles. The summed E-state index contributed by atoms with van der Waals surface area (Å²) in [7, 11) is 0. The maximum Gasteiger partial charge on any atom is 0.271 e. The largest absolute Gasteiger partial charge is 0.324 e. The highest BCUT2D eigenvalue weighted by Gasteiger charge is 2.13. The van der Waals surface area contributed by atoms with Gasteiger partial charge in [-0.25, -0.2) is 4.68 Å². The molecule has 1 aromatic heterocycles. The fourth-order valence-corrected chi connectivity index (χ4v) is 3.25. The summed E-state index contributed by atoms with van der Waals surface area (Å²) < 4.78 is 1.08. The molecule has 1 amide bonds. The van der Waals surface area contributed by atoms with Gasteiger partial charge in [0.15, 0.2) is 0 Å². The van der Waals surface area contributed by atoms with E-state index in [-0.39, 0.29) is 12.2 Å². The van der Waals surface area contributed by atoms with Crippen molar-refractivity contribution in [3.8, 4) is 11.3 Å². The Morgan fingerprint density at radius 1 is 1.03 bits per heavy atom. The number of anilines is 1. The fraction of sp³-hybridized carbons (Fsp3) is 0.0870. The number of amides is 1. The number of carbonyl (C=O) groups excluding carboxylic acids is 1. The van der Waals surface area contributed by atoms with Crippen molar-refractivity contribution in [1.82, 2.24) is 9.78 Å². The zero-order valence-corrected chi connectivity index (χ0v) is 16.6. The van der Waals surface area contributed by atoms with Crippen LogP contribution in [0, 0.1) is 17.0 Å². The maximum atomic E-state index is 12.5. The number of nitrogens with one attached hydrogen (secondary N) is 1. The molecule has 0 aliphatic carbocycles. The topological polar surface area (TPSA) is 107 Å². The van der Waals surface area contributed by atoms with Crippen LogP contribution in [0.2, 0.25) is 0 Å². The van der Waals surface area contributed by atoms with Crippen LogP contribution in [0.1, 0.15) is 5.56 Å². The molecule has 0 unspecified atom stereocenters. The molecule has 0 bridgehead atoms. The van der Waals surface area contributed by atoms with E-state index in [0.717, 1.165) is 21.0 Å². The van der Waals surface area contributed by atoms with Crippen molar-refractivity contribution in [2.24, 2.45) is 0 Å². The number of carbonyl (C=O) groups is 1. The molecule has 0 radical (unpaired) electrons. The van der Waals surface area contributed by atoms with Crippen LogP contribution in [-0.4, -0.2) is 20.6 Å². The molecule has 31 heavy (non-hydrogen) atoms. The zero-order valence-electron chi connectivity index (χ0n) is 16.6. The molecule has 3 aromatic carbocycles. The van der Waals surface area contributed by atoms with E-state index in [2.05, 4.69) is 10.4 Å². The number of benzene rings is 3. The number of rotatable bonds is 5. The van der Waals surface area contributed by atoms with Crippen molar-refractivity contribution in [2.75, 3.05) is 5.32 Å². The lowest BCUT2D eigenvalue weighted by atomic mass is 10.1. The van der Waals surface area contributed by atoms with Crippen LogP contribution in [0.4, 0.5) is 11.4 Å². The van der Waals surface area contributed by atoms with Crippen molar-refractivity contribution in [1.29, 1.82) is 0 Å². The summed E-state index contributed by atoms with van der Waals surface area (Å²) in [4.78, 5) is 35.2. The summed E-state index contributed by atoms with van der Waals surface area (Å²) in [5.74, 6) is -0.506. The van der Waals surface area contributed by atoms with Gasteiger partial charge in [-0.15, -0.1) is 0 Å². The van der Waals surface area contributed by atoms with E-state index in [1.54, 1.807) is 19.1 Å². The number of nitro benzene ring substituents is 1. The predicted octanol–water partition coefficient (Wildman–Crippen LogP) is 3.92. The molecule has 0 saturated heterocycles. The van der Waals surface area contributed by atoms with E-state index in [4.69, 9.17) is 0 Å². The van der Waals surface area contributed by atoms with Gasteiger partial charge in [0, 0.05) is 23.8 Å². The third kappa shape index (κ3) is 4.32. The smallest absolute Gasteiger partial charge is 0.271 e. The number of fused-ring (bicyclic) bond motifs is 1. The molecule has 8 nitrogen and oxygen atoms in total. The number of nitrogens with zero attached hydrogens (tertiary/aromatic N) is 3. The second-order valence-electron chi connectivity index (χ2n) is 7.08. The molecule has 0 aliphatic rings. The highest BCUT2D eigenvalue weighted by molar-refractivity contribution is 5.91. The summed E-state index contributed by atoms with van der Waals surface area (Å²) in [6.45, 7) is 1.41. The summed E-state index contributed by atoms with van der Waals surface area (Å²) in [5.41, 5.74) is 1.82. The molecule has 0 fully saturated rings. The van der Waals surface area contributed by atoms with Crippen molar-refractivity contribution < 1.29 is 9.72 Å². The van der Waals surface area contributed by atoms with Crippen molar-refractivity contribution in [3.05, 3.63) is 98.8 Å². The molecule has 4 rings (SSSR count). The van der Waals surface area contributed by atoms with Gasteiger partial charge < -0.3 is 5.32 Å². The van der Waals surface area contributed by atoms with Gasteiger partial charge in [-0.1, -0.05) is 42.5 Å². The maximum absolute atomic E-state index is 12.5. The van der Waals surface area contributed by atoms with Crippen LogP contribution >= 0.6 is 0 Å². The molecule has 154 valence electrons. The van der Waals surface area contributed by atoms with Crippen molar-refractivity contribution in [3.63, 3.8) is 0 Å². The zero-order chi connectivity index (χ0) is 22.0. The number of hydrogen-bond donors (Lipinski definition) is 1. The first-order valence-corrected chi connectivity index (χ1v) is 9.53. The lowest BCUT2D eigenvalue weighted by Crippen LogP contribution is -2.29. The summed E-state index contributed by atoms with van der Waals surface area (Å²) in [5, 5.41) is 20.1. The van der Waals surface area contributed by atoms with Crippen molar-refractivity contribution >= 4 is 28.1 Å². The molecule has 4 aromatic rings. The molecule has 1 N–H and O–H groups in total. The van der Waals surface area contributed by atoms with E-state index >= 15 is 0 Å². The fourth-order valence-electron chi connectivity index (χ4n) is 3.25. The van der Waals surface area contributed by atoms with E-state index in [1.165, 1.54) is 18.2 Å². The van der Waals surface area contributed by atoms with Gasteiger partial charge >= 0.3 is 0 Å². The molecule has 0 saturated carbocycles. The monoisotopic (exact) mass is 414 g/mol. The number of non-ortho nitro benzene ring substituents is 1. The van der Waals surface area contributed by atoms with Crippen LogP contribution < -0.4 is 10.9 Å². The minimum atomic E-state index is -0.534. The molecule has 0 spiro atoms. The minimum absolute atomic E-state index is 0.130. The Kier molecular flexibility index (Phi) is 5.28. The molecule has 0 aliphatic heterocycles. The first kappa shape index (κ1) is 20.0. The summed E-state index contributed by atoms with van der Waals surface area (Å²) >= 11 is 0. The molecular formula is C23H18N4O4. The van der Waals surface area contributed by atoms with Crippen LogP contribution in [-0.2, 0) is 11.3 Å². The Morgan fingerprint density at radius 3 is 2.58 bits per heavy atom. The van der Waals surface area contributed by atoms with E-state index in [0.29, 0.717) is 16.9 Å². The third-order valence-corrected chi connectivity index (χ3v) is 4.91. The van der Waals surface area contributed by atoms with Gasteiger partial charge in [0.05, 0.1) is 16.3 Å². The van der Waals surface area contributed by atoms with Crippen molar-refractivity contribution in [2.45, 2.75) is 13.5 Å². The Morgan fingerprint density at radius 2 is 1.81 bits per heavy atom. The highest BCUT2D eigenvalue weighted by atomic mass is 16.6. The van der Waals surface area contributed by atoms with E-state index in [9.17, 15) is 19.7 Å². The average Bonchev–Trinajstić information content (AvgIpc) is 2.76. The Balaban J connectivity index is 1.59. The van der Waals surface area contributed by atoms with Crippen LogP contribution in [0.3, 0.4) is 0 Å². The second kappa shape index (κ2) is 8.19. The summed E-state index contributed by atoms with van der Waals surface area (Å²) in [6.07, 6.45) is 0.